The first-order valence-electron chi connectivity index (χ1n) is 11.4. The SMILES string of the molecule is CCn1c(=O)c(=O)[nH]c2cc(C(=O)N3CCCN(CCCc4ccccc4)CC3)ccc21. The van der Waals surface area contributed by atoms with Gasteiger partial charge >= 0.3 is 11.1 Å². The van der Waals surface area contributed by atoms with Crippen LogP contribution in [0.15, 0.2) is 58.1 Å². The second kappa shape index (κ2) is 9.96. The molecule has 1 aliphatic rings. The summed E-state index contributed by atoms with van der Waals surface area (Å²) in [5.41, 5.74) is 1.81. The second-order valence-corrected chi connectivity index (χ2v) is 8.31. The van der Waals surface area contributed by atoms with Crippen LogP contribution in [0.4, 0.5) is 0 Å². The van der Waals surface area contributed by atoms with E-state index in [2.05, 4.69) is 34.1 Å². The number of H-pyrrole nitrogens is 1. The number of aromatic nitrogens is 2. The van der Waals surface area contributed by atoms with Crippen molar-refractivity contribution in [1.29, 1.82) is 0 Å². The van der Waals surface area contributed by atoms with Crippen molar-refractivity contribution in [3.8, 4) is 0 Å². The number of benzene rings is 2. The molecule has 1 N–H and O–H groups in total. The second-order valence-electron chi connectivity index (χ2n) is 8.31. The Kier molecular flexibility index (Phi) is 6.85. The van der Waals surface area contributed by atoms with Gasteiger partial charge in [0.2, 0.25) is 0 Å². The maximum absolute atomic E-state index is 13.2. The molecule has 1 fully saturated rings. The maximum Gasteiger partial charge on any atom is 0.316 e. The highest BCUT2D eigenvalue weighted by molar-refractivity contribution is 5.97. The Hall–Kier alpha value is -3.19. The van der Waals surface area contributed by atoms with Crippen molar-refractivity contribution in [2.45, 2.75) is 32.7 Å². The van der Waals surface area contributed by atoms with Crippen LogP contribution >= 0.6 is 0 Å². The van der Waals surface area contributed by atoms with E-state index < -0.39 is 11.1 Å². The molecule has 168 valence electrons. The number of aryl methyl sites for hydroxylation is 2. The van der Waals surface area contributed by atoms with Gasteiger partial charge in [-0.25, -0.2) is 0 Å². The number of carbonyl (C=O) groups is 1. The van der Waals surface area contributed by atoms with Gasteiger partial charge in [0.15, 0.2) is 0 Å². The van der Waals surface area contributed by atoms with Gasteiger partial charge in [0.25, 0.3) is 5.91 Å². The lowest BCUT2D eigenvalue weighted by molar-refractivity contribution is 0.0761. The first-order valence-corrected chi connectivity index (χ1v) is 11.4. The molecule has 4 rings (SSSR count). The zero-order valence-corrected chi connectivity index (χ0v) is 18.5. The minimum atomic E-state index is -0.662. The third-order valence-corrected chi connectivity index (χ3v) is 6.20. The first kappa shape index (κ1) is 22.0. The van der Waals surface area contributed by atoms with Crippen molar-refractivity contribution in [3.63, 3.8) is 0 Å². The number of amides is 1. The molecule has 0 spiro atoms. The Morgan fingerprint density at radius 3 is 2.59 bits per heavy atom. The highest BCUT2D eigenvalue weighted by Crippen LogP contribution is 2.15. The highest BCUT2D eigenvalue weighted by atomic mass is 16.2. The van der Waals surface area contributed by atoms with Gasteiger partial charge in [0.05, 0.1) is 11.0 Å². The van der Waals surface area contributed by atoms with Crippen molar-refractivity contribution in [2.75, 3.05) is 32.7 Å². The van der Waals surface area contributed by atoms with Gasteiger partial charge in [0.1, 0.15) is 0 Å². The molecule has 0 bridgehead atoms. The van der Waals surface area contributed by atoms with Crippen LogP contribution in [0.2, 0.25) is 0 Å². The molecule has 0 radical (unpaired) electrons. The van der Waals surface area contributed by atoms with Gasteiger partial charge in [-0.15, -0.1) is 0 Å². The summed E-state index contributed by atoms with van der Waals surface area (Å²) < 4.78 is 1.43. The van der Waals surface area contributed by atoms with Crippen molar-refractivity contribution in [3.05, 3.63) is 80.4 Å². The molecule has 0 aliphatic carbocycles. The lowest BCUT2D eigenvalue weighted by atomic mass is 10.1. The van der Waals surface area contributed by atoms with Crippen LogP contribution in [0.1, 0.15) is 35.7 Å². The van der Waals surface area contributed by atoms with E-state index in [1.807, 2.05) is 17.9 Å². The molecule has 1 saturated heterocycles. The number of hydrogen-bond acceptors (Lipinski definition) is 4. The van der Waals surface area contributed by atoms with Crippen molar-refractivity contribution >= 4 is 16.9 Å². The van der Waals surface area contributed by atoms with Gasteiger partial charge < -0.3 is 19.4 Å². The normalized spacial score (nSPS) is 15.1. The smallest absolute Gasteiger partial charge is 0.316 e. The molecule has 0 unspecified atom stereocenters. The van der Waals surface area contributed by atoms with E-state index in [1.165, 1.54) is 10.1 Å². The summed E-state index contributed by atoms with van der Waals surface area (Å²) in [5, 5.41) is 0. The van der Waals surface area contributed by atoms with Gasteiger partial charge in [-0.2, -0.15) is 0 Å². The molecular formula is C25H30N4O3. The number of fused-ring (bicyclic) bond motifs is 1. The quantitative estimate of drug-likeness (QED) is 0.605. The first-order chi connectivity index (χ1) is 15.6. The highest BCUT2D eigenvalue weighted by Gasteiger charge is 2.21. The lowest BCUT2D eigenvalue weighted by Gasteiger charge is -2.22. The van der Waals surface area contributed by atoms with Crippen LogP contribution < -0.4 is 11.1 Å². The van der Waals surface area contributed by atoms with Crippen LogP contribution in [0, 0.1) is 0 Å². The van der Waals surface area contributed by atoms with E-state index in [4.69, 9.17) is 0 Å². The topological polar surface area (TPSA) is 78.4 Å². The zero-order chi connectivity index (χ0) is 22.5. The summed E-state index contributed by atoms with van der Waals surface area (Å²) in [4.78, 5) is 44.1. The van der Waals surface area contributed by atoms with Crippen LogP contribution in [-0.4, -0.2) is 58.0 Å². The maximum atomic E-state index is 13.2. The van der Waals surface area contributed by atoms with E-state index in [9.17, 15) is 14.4 Å². The number of nitrogens with zero attached hydrogens (tertiary/aromatic N) is 3. The molecule has 1 aliphatic heterocycles. The molecule has 2 aromatic carbocycles. The zero-order valence-electron chi connectivity index (χ0n) is 18.5. The van der Waals surface area contributed by atoms with E-state index in [-0.39, 0.29) is 5.91 Å². The molecule has 1 amide bonds. The summed E-state index contributed by atoms with van der Waals surface area (Å²) in [7, 11) is 0. The number of carbonyl (C=O) groups excluding carboxylic acids is 1. The van der Waals surface area contributed by atoms with Crippen LogP contribution in [0.25, 0.3) is 11.0 Å². The Morgan fingerprint density at radius 2 is 1.81 bits per heavy atom. The van der Waals surface area contributed by atoms with Crippen molar-refractivity contribution in [1.82, 2.24) is 19.4 Å². The molecule has 3 aromatic rings. The summed E-state index contributed by atoms with van der Waals surface area (Å²) in [6.45, 7) is 6.51. The van der Waals surface area contributed by atoms with E-state index >= 15 is 0 Å². The summed E-state index contributed by atoms with van der Waals surface area (Å²) in [5.74, 6) is -0.0341. The fraction of sp³-hybridized carbons (Fsp3) is 0.400. The van der Waals surface area contributed by atoms with Crippen molar-refractivity contribution < 1.29 is 4.79 Å². The Morgan fingerprint density at radius 1 is 1.00 bits per heavy atom. The van der Waals surface area contributed by atoms with Crippen LogP contribution in [-0.2, 0) is 13.0 Å². The minimum Gasteiger partial charge on any atom is -0.337 e. The van der Waals surface area contributed by atoms with E-state index in [0.717, 1.165) is 45.4 Å². The molecule has 7 heteroatoms. The van der Waals surface area contributed by atoms with Gasteiger partial charge in [-0.05, 0) is 63.0 Å². The predicted molar refractivity (Wildman–Crippen MR) is 126 cm³/mol. The van der Waals surface area contributed by atoms with E-state index in [0.29, 0.717) is 29.7 Å². The monoisotopic (exact) mass is 434 g/mol. The van der Waals surface area contributed by atoms with Gasteiger partial charge in [-0.3, -0.25) is 14.4 Å². The van der Waals surface area contributed by atoms with Crippen LogP contribution in [0.5, 0.6) is 0 Å². The molecule has 1 aromatic heterocycles. The van der Waals surface area contributed by atoms with Gasteiger partial charge in [-0.1, -0.05) is 30.3 Å². The molecule has 7 nitrogen and oxygen atoms in total. The average molecular weight is 435 g/mol. The fourth-order valence-corrected chi connectivity index (χ4v) is 4.46. The Balaban J connectivity index is 1.40. The molecule has 32 heavy (non-hydrogen) atoms. The van der Waals surface area contributed by atoms with Crippen molar-refractivity contribution in [2.24, 2.45) is 0 Å². The van der Waals surface area contributed by atoms with E-state index in [1.54, 1.807) is 18.2 Å². The average Bonchev–Trinajstić information content (AvgIpc) is 3.06. The standard InChI is InChI=1S/C25H30N4O3/c1-2-29-22-12-11-20(18-21(22)26-23(30)25(29)32)24(31)28-15-7-14-27(16-17-28)13-6-10-19-8-4-3-5-9-19/h3-5,8-9,11-12,18H,2,6-7,10,13-17H2,1H3,(H,26,30). The number of nitrogens with one attached hydrogen (secondary N) is 1. The van der Waals surface area contributed by atoms with Crippen LogP contribution in [0.3, 0.4) is 0 Å². The molecule has 2 heterocycles. The van der Waals surface area contributed by atoms with Gasteiger partial charge in [0, 0.05) is 31.7 Å². The third-order valence-electron chi connectivity index (χ3n) is 6.20. The summed E-state index contributed by atoms with van der Waals surface area (Å²) in [6.07, 6.45) is 3.12. The Labute approximate surface area is 187 Å². The number of rotatable bonds is 6. The fourth-order valence-electron chi connectivity index (χ4n) is 4.46. The number of hydrogen-bond donors (Lipinski definition) is 1. The Bertz CT molecular complexity index is 1200. The largest absolute Gasteiger partial charge is 0.337 e. The summed E-state index contributed by atoms with van der Waals surface area (Å²) >= 11 is 0. The summed E-state index contributed by atoms with van der Waals surface area (Å²) in [6, 6.07) is 15.7. The third kappa shape index (κ3) is 4.83. The minimum absolute atomic E-state index is 0.0341. The molecule has 0 atom stereocenters. The number of aromatic amines is 1. The predicted octanol–water partition coefficient (Wildman–Crippen LogP) is 2.49. The molecular weight excluding hydrogens is 404 g/mol. The molecule has 0 saturated carbocycles. The lowest BCUT2D eigenvalue weighted by Crippen LogP contribution is -2.37.